The fourth-order valence-corrected chi connectivity index (χ4v) is 4.12. The first-order chi connectivity index (χ1) is 9.74. The topological polar surface area (TPSA) is 64.7 Å². The third kappa shape index (κ3) is 1.63. The third-order valence-electron chi connectivity index (χ3n) is 3.81. The molecule has 20 heavy (non-hydrogen) atoms. The summed E-state index contributed by atoms with van der Waals surface area (Å²) in [5.74, 6) is 1.22. The maximum atomic E-state index is 6.19. The Bertz CT molecular complexity index is 822. The molecule has 0 radical (unpaired) electrons. The lowest BCUT2D eigenvalue weighted by atomic mass is 10.1. The maximum absolute atomic E-state index is 6.19. The summed E-state index contributed by atoms with van der Waals surface area (Å²) in [6.45, 7) is 2.01. The molecular weight excluding hydrogens is 268 g/mol. The first kappa shape index (κ1) is 11.8. The molecular formula is C15H14N4S. The van der Waals surface area contributed by atoms with Crippen molar-refractivity contribution in [3.63, 3.8) is 0 Å². The van der Waals surface area contributed by atoms with E-state index in [2.05, 4.69) is 9.97 Å². The van der Waals surface area contributed by atoms with Crippen molar-refractivity contribution in [1.29, 1.82) is 0 Å². The average molecular weight is 282 g/mol. The van der Waals surface area contributed by atoms with Crippen LogP contribution in [0.2, 0.25) is 0 Å². The highest BCUT2D eigenvalue weighted by Gasteiger charge is 2.22. The smallest absolute Gasteiger partial charge is 0.181 e. The van der Waals surface area contributed by atoms with E-state index in [-0.39, 0.29) is 0 Å². The van der Waals surface area contributed by atoms with Gasteiger partial charge in [-0.2, -0.15) is 0 Å². The summed E-state index contributed by atoms with van der Waals surface area (Å²) in [7, 11) is 0. The molecule has 0 fully saturated rings. The molecule has 0 aliphatic heterocycles. The normalized spacial score (nSPS) is 13.8. The monoisotopic (exact) mass is 282 g/mol. The van der Waals surface area contributed by atoms with Crippen LogP contribution in [0.25, 0.3) is 21.7 Å². The van der Waals surface area contributed by atoms with Gasteiger partial charge in [0.15, 0.2) is 5.82 Å². The molecule has 0 aromatic carbocycles. The molecule has 4 nitrogen and oxygen atoms in total. The molecule has 0 saturated carbocycles. The zero-order valence-electron chi connectivity index (χ0n) is 11.2. The van der Waals surface area contributed by atoms with Gasteiger partial charge in [0.2, 0.25) is 0 Å². The van der Waals surface area contributed by atoms with Crippen molar-refractivity contribution in [2.45, 2.75) is 26.2 Å². The van der Waals surface area contributed by atoms with Gasteiger partial charge in [-0.05, 0) is 43.4 Å². The number of hydrogen-bond donors (Lipinski definition) is 1. The SMILES string of the molecule is Cc1cccnc1-c1nc(N)c2c3c(sc2n1)CCC3. The summed E-state index contributed by atoms with van der Waals surface area (Å²) < 4.78 is 0. The minimum atomic E-state index is 0.592. The molecule has 3 aromatic rings. The van der Waals surface area contributed by atoms with E-state index in [1.807, 2.05) is 19.1 Å². The fraction of sp³-hybridized carbons (Fsp3) is 0.267. The zero-order chi connectivity index (χ0) is 13.7. The standard InChI is InChI=1S/C15H14N4S/c1-8-4-3-7-17-12(8)14-18-13(16)11-9-5-2-6-10(9)20-15(11)19-14/h3-4,7H,2,5-6H2,1H3,(H2,16,18,19). The fourth-order valence-electron chi connectivity index (χ4n) is 2.85. The largest absolute Gasteiger partial charge is 0.383 e. The minimum absolute atomic E-state index is 0.592. The van der Waals surface area contributed by atoms with Gasteiger partial charge in [-0.3, -0.25) is 4.98 Å². The lowest BCUT2D eigenvalue weighted by molar-refractivity contribution is 0.917. The van der Waals surface area contributed by atoms with Crippen LogP contribution >= 0.6 is 11.3 Å². The summed E-state index contributed by atoms with van der Waals surface area (Å²) in [4.78, 5) is 16.0. The Morgan fingerprint density at radius 3 is 3.00 bits per heavy atom. The van der Waals surface area contributed by atoms with Crippen LogP contribution in [0.5, 0.6) is 0 Å². The van der Waals surface area contributed by atoms with E-state index in [1.165, 1.54) is 16.9 Å². The molecule has 1 aliphatic carbocycles. The first-order valence-electron chi connectivity index (χ1n) is 6.74. The number of hydrogen-bond acceptors (Lipinski definition) is 5. The van der Waals surface area contributed by atoms with E-state index in [4.69, 9.17) is 10.7 Å². The number of pyridine rings is 1. The quantitative estimate of drug-likeness (QED) is 0.744. The molecule has 5 heteroatoms. The molecule has 0 unspecified atom stereocenters. The van der Waals surface area contributed by atoms with E-state index in [1.54, 1.807) is 17.5 Å². The Hall–Kier alpha value is -2.01. The number of nitrogens with two attached hydrogens (primary N) is 1. The molecule has 3 aromatic heterocycles. The number of nitrogen functional groups attached to an aromatic ring is 1. The van der Waals surface area contributed by atoms with Crippen LogP contribution in [0, 0.1) is 6.92 Å². The summed E-state index contributed by atoms with van der Waals surface area (Å²) in [5, 5.41) is 1.07. The van der Waals surface area contributed by atoms with E-state index in [0.29, 0.717) is 11.6 Å². The van der Waals surface area contributed by atoms with Crippen LogP contribution in [0.15, 0.2) is 18.3 Å². The molecule has 0 amide bonds. The molecule has 0 spiro atoms. The van der Waals surface area contributed by atoms with Crippen molar-refractivity contribution in [2.24, 2.45) is 0 Å². The Labute approximate surface area is 120 Å². The first-order valence-corrected chi connectivity index (χ1v) is 7.55. The van der Waals surface area contributed by atoms with Crippen molar-refractivity contribution in [3.05, 3.63) is 34.3 Å². The lowest BCUT2D eigenvalue weighted by Crippen LogP contribution is -1.99. The van der Waals surface area contributed by atoms with Gasteiger partial charge in [-0.15, -0.1) is 11.3 Å². The van der Waals surface area contributed by atoms with Crippen LogP contribution < -0.4 is 5.73 Å². The lowest BCUT2D eigenvalue weighted by Gasteiger charge is -2.05. The van der Waals surface area contributed by atoms with Gasteiger partial charge >= 0.3 is 0 Å². The van der Waals surface area contributed by atoms with Crippen LogP contribution in [0.4, 0.5) is 5.82 Å². The van der Waals surface area contributed by atoms with Crippen molar-refractivity contribution in [1.82, 2.24) is 15.0 Å². The Morgan fingerprint density at radius 1 is 1.25 bits per heavy atom. The van der Waals surface area contributed by atoms with E-state index >= 15 is 0 Å². The van der Waals surface area contributed by atoms with Gasteiger partial charge in [0.1, 0.15) is 16.3 Å². The van der Waals surface area contributed by atoms with E-state index in [0.717, 1.165) is 34.3 Å². The van der Waals surface area contributed by atoms with Gasteiger partial charge in [0, 0.05) is 11.1 Å². The Kier molecular flexibility index (Phi) is 2.50. The number of rotatable bonds is 1. The van der Waals surface area contributed by atoms with Crippen molar-refractivity contribution < 1.29 is 0 Å². The summed E-state index contributed by atoms with van der Waals surface area (Å²) in [6.07, 6.45) is 5.23. The van der Waals surface area contributed by atoms with E-state index in [9.17, 15) is 0 Å². The number of aromatic nitrogens is 3. The highest BCUT2D eigenvalue weighted by molar-refractivity contribution is 7.19. The highest BCUT2D eigenvalue weighted by atomic mass is 32.1. The number of anilines is 1. The van der Waals surface area contributed by atoms with Gasteiger partial charge in [0.25, 0.3) is 0 Å². The van der Waals surface area contributed by atoms with Gasteiger partial charge < -0.3 is 5.73 Å². The van der Waals surface area contributed by atoms with Gasteiger partial charge in [0.05, 0.1) is 5.39 Å². The Balaban J connectivity index is 1.98. The summed E-state index contributed by atoms with van der Waals surface area (Å²) in [5.41, 5.74) is 9.44. The number of aryl methyl sites for hydroxylation is 3. The van der Waals surface area contributed by atoms with Crippen LogP contribution in [-0.2, 0) is 12.8 Å². The second-order valence-electron chi connectivity index (χ2n) is 5.14. The molecule has 3 heterocycles. The second kappa shape index (κ2) is 4.24. The van der Waals surface area contributed by atoms with Crippen LogP contribution in [0.1, 0.15) is 22.4 Å². The molecule has 2 N–H and O–H groups in total. The van der Waals surface area contributed by atoms with Crippen molar-refractivity contribution >= 4 is 27.4 Å². The molecule has 0 bridgehead atoms. The second-order valence-corrected chi connectivity index (χ2v) is 6.22. The van der Waals surface area contributed by atoms with Crippen LogP contribution in [-0.4, -0.2) is 15.0 Å². The van der Waals surface area contributed by atoms with Gasteiger partial charge in [-0.1, -0.05) is 6.07 Å². The average Bonchev–Trinajstić information content (AvgIpc) is 2.98. The van der Waals surface area contributed by atoms with Gasteiger partial charge in [-0.25, -0.2) is 9.97 Å². The molecule has 1 aliphatic rings. The van der Waals surface area contributed by atoms with Crippen LogP contribution in [0.3, 0.4) is 0 Å². The maximum Gasteiger partial charge on any atom is 0.181 e. The number of nitrogens with zero attached hydrogens (tertiary/aromatic N) is 3. The molecule has 0 atom stereocenters. The minimum Gasteiger partial charge on any atom is -0.383 e. The van der Waals surface area contributed by atoms with E-state index < -0.39 is 0 Å². The molecule has 0 saturated heterocycles. The predicted molar refractivity (Wildman–Crippen MR) is 81.8 cm³/mol. The molecule has 100 valence electrons. The Morgan fingerprint density at radius 2 is 2.15 bits per heavy atom. The molecule has 4 rings (SSSR count). The van der Waals surface area contributed by atoms with Crippen molar-refractivity contribution in [2.75, 3.05) is 5.73 Å². The zero-order valence-corrected chi connectivity index (χ0v) is 12.0. The number of fused-ring (bicyclic) bond motifs is 3. The number of thiophene rings is 1. The predicted octanol–water partition coefficient (Wildman–Crippen LogP) is 3.13. The third-order valence-corrected chi connectivity index (χ3v) is 5.00. The highest BCUT2D eigenvalue weighted by Crippen LogP contribution is 2.39. The van der Waals surface area contributed by atoms with Crippen molar-refractivity contribution in [3.8, 4) is 11.5 Å². The summed E-state index contributed by atoms with van der Waals surface area (Å²) >= 11 is 1.76. The summed E-state index contributed by atoms with van der Waals surface area (Å²) in [6, 6.07) is 3.93.